The number of nitrogens with one attached hydrogen (secondary N) is 2. The molecule has 0 aromatic heterocycles. The maximum Gasteiger partial charge on any atom is 0.166 e. The van der Waals surface area contributed by atoms with E-state index in [4.69, 9.17) is 4.74 Å². The van der Waals surface area contributed by atoms with Crippen molar-refractivity contribution in [2.75, 3.05) is 42.9 Å². The minimum absolute atomic E-state index is 0.242. The Morgan fingerprint density at radius 3 is 2.94 bits per heavy atom. The number of hydrogen-bond donors (Lipinski definition) is 2. The van der Waals surface area contributed by atoms with Crippen LogP contribution >= 0.6 is 0 Å². The Labute approximate surface area is 102 Å². The Bertz CT molecular complexity index is 402. The summed E-state index contributed by atoms with van der Waals surface area (Å²) in [6.45, 7) is 7.18. The summed E-state index contributed by atoms with van der Waals surface area (Å²) < 4.78 is 5.99. The molecule has 2 aliphatic rings. The van der Waals surface area contributed by atoms with Crippen molar-refractivity contribution in [2.45, 2.75) is 13.0 Å². The molecule has 92 valence electrons. The van der Waals surface area contributed by atoms with Crippen molar-refractivity contribution >= 4 is 11.4 Å². The molecule has 2 heterocycles. The van der Waals surface area contributed by atoms with Crippen molar-refractivity contribution < 1.29 is 4.74 Å². The van der Waals surface area contributed by atoms with Gasteiger partial charge in [-0.05, 0) is 19.1 Å². The van der Waals surface area contributed by atoms with Crippen LogP contribution in [-0.2, 0) is 0 Å². The van der Waals surface area contributed by atoms with E-state index < -0.39 is 0 Å². The summed E-state index contributed by atoms with van der Waals surface area (Å²) in [4.78, 5) is 2.40. The molecule has 0 bridgehead atoms. The van der Waals surface area contributed by atoms with Crippen LogP contribution in [0.1, 0.15) is 6.92 Å². The average molecular weight is 233 g/mol. The predicted molar refractivity (Wildman–Crippen MR) is 70.1 cm³/mol. The van der Waals surface area contributed by atoms with Crippen molar-refractivity contribution in [3.8, 4) is 5.75 Å². The van der Waals surface area contributed by atoms with Gasteiger partial charge in [-0.3, -0.25) is 0 Å². The molecule has 0 radical (unpaired) electrons. The fourth-order valence-corrected chi connectivity index (χ4v) is 2.44. The average Bonchev–Trinajstić information content (AvgIpc) is 2.39. The number of anilines is 2. The van der Waals surface area contributed by atoms with Gasteiger partial charge in [0, 0.05) is 26.2 Å². The first-order valence-corrected chi connectivity index (χ1v) is 6.34. The van der Waals surface area contributed by atoms with Crippen molar-refractivity contribution in [1.82, 2.24) is 5.32 Å². The summed E-state index contributed by atoms with van der Waals surface area (Å²) in [6, 6.07) is 6.35. The number of fused-ring (bicyclic) bond motifs is 1. The van der Waals surface area contributed by atoms with E-state index in [1.165, 1.54) is 5.69 Å². The van der Waals surface area contributed by atoms with Crippen molar-refractivity contribution in [1.29, 1.82) is 0 Å². The van der Waals surface area contributed by atoms with Gasteiger partial charge in [-0.2, -0.15) is 0 Å². The number of para-hydroxylation sites is 1. The third kappa shape index (κ3) is 2.05. The van der Waals surface area contributed by atoms with E-state index in [2.05, 4.69) is 40.7 Å². The lowest BCUT2D eigenvalue weighted by Crippen LogP contribution is -2.44. The van der Waals surface area contributed by atoms with E-state index in [0.29, 0.717) is 0 Å². The summed E-state index contributed by atoms with van der Waals surface area (Å²) in [7, 11) is 0. The zero-order chi connectivity index (χ0) is 11.7. The van der Waals surface area contributed by atoms with Gasteiger partial charge >= 0.3 is 0 Å². The Morgan fingerprint density at radius 1 is 1.29 bits per heavy atom. The first-order chi connectivity index (χ1) is 8.34. The van der Waals surface area contributed by atoms with Crippen LogP contribution in [0.5, 0.6) is 5.75 Å². The molecule has 1 aromatic carbocycles. The smallest absolute Gasteiger partial charge is 0.166 e. The lowest BCUT2D eigenvalue weighted by atomic mass is 10.1. The van der Waals surface area contributed by atoms with Gasteiger partial charge in [0.25, 0.3) is 0 Å². The number of ether oxygens (including phenoxy) is 1. The lowest BCUT2D eigenvalue weighted by molar-refractivity contribution is 0.226. The summed E-state index contributed by atoms with van der Waals surface area (Å²) in [5, 5.41) is 6.80. The Kier molecular flexibility index (Phi) is 2.81. The molecule has 1 saturated heterocycles. The standard InChI is InChI=1S/C13H19N3O/c1-10-9-15-11-3-2-4-12(13(11)17-10)16-7-5-14-6-8-16/h2-4,10,14-15H,5-9H2,1H3. The topological polar surface area (TPSA) is 36.5 Å². The zero-order valence-electron chi connectivity index (χ0n) is 10.2. The quantitative estimate of drug-likeness (QED) is 0.766. The number of rotatable bonds is 1. The number of hydrogen-bond acceptors (Lipinski definition) is 4. The van der Waals surface area contributed by atoms with Crippen LogP contribution in [-0.4, -0.2) is 38.8 Å². The molecule has 17 heavy (non-hydrogen) atoms. The molecular weight excluding hydrogens is 214 g/mol. The van der Waals surface area contributed by atoms with Crippen LogP contribution < -0.4 is 20.3 Å². The highest BCUT2D eigenvalue weighted by atomic mass is 16.5. The lowest BCUT2D eigenvalue weighted by Gasteiger charge is -2.34. The summed E-state index contributed by atoms with van der Waals surface area (Å²) in [5.74, 6) is 1.02. The monoisotopic (exact) mass is 233 g/mol. The molecule has 0 aliphatic carbocycles. The Balaban J connectivity index is 1.93. The van der Waals surface area contributed by atoms with Crippen molar-refractivity contribution in [3.05, 3.63) is 18.2 Å². The molecule has 0 saturated carbocycles. The van der Waals surface area contributed by atoms with Gasteiger partial charge in [-0.1, -0.05) is 6.07 Å². The van der Waals surface area contributed by atoms with Crippen LogP contribution in [0.2, 0.25) is 0 Å². The van der Waals surface area contributed by atoms with Gasteiger partial charge in [0.2, 0.25) is 0 Å². The van der Waals surface area contributed by atoms with E-state index in [1.54, 1.807) is 0 Å². The van der Waals surface area contributed by atoms with E-state index in [-0.39, 0.29) is 6.10 Å². The first-order valence-electron chi connectivity index (χ1n) is 6.34. The Morgan fingerprint density at radius 2 is 2.12 bits per heavy atom. The van der Waals surface area contributed by atoms with E-state index in [9.17, 15) is 0 Å². The molecule has 0 spiro atoms. The van der Waals surface area contributed by atoms with Crippen LogP contribution in [0.15, 0.2) is 18.2 Å². The van der Waals surface area contributed by atoms with Crippen LogP contribution in [0.25, 0.3) is 0 Å². The molecular formula is C13H19N3O. The van der Waals surface area contributed by atoms with Crippen LogP contribution in [0.4, 0.5) is 11.4 Å². The summed E-state index contributed by atoms with van der Waals surface area (Å²) in [5.41, 5.74) is 2.35. The van der Waals surface area contributed by atoms with Crippen LogP contribution in [0, 0.1) is 0 Å². The molecule has 1 aromatic rings. The van der Waals surface area contributed by atoms with Gasteiger partial charge in [0.15, 0.2) is 5.75 Å². The highest BCUT2D eigenvalue weighted by molar-refractivity contribution is 5.73. The highest BCUT2D eigenvalue weighted by Gasteiger charge is 2.22. The number of nitrogens with zero attached hydrogens (tertiary/aromatic N) is 1. The predicted octanol–water partition coefficient (Wildman–Crippen LogP) is 1.29. The van der Waals surface area contributed by atoms with Gasteiger partial charge < -0.3 is 20.3 Å². The first kappa shape index (κ1) is 10.7. The zero-order valence-corrected chi connectivity index (χ0v) is 10.2. The molecule has 3 rings (SSSR count). The fourth-order valence-electron chi connectivity index (χ4n) is 2.44. The van der Waals surface area contributed by atoms with Gasteiger partial charge in [0.1, 0.15) is 6.10 Å². The SMILES string of the molecule is CC1CNc2cccc(N3CCNCC3)c2O1. The highest BCUT2D eigenvalue weighted by Crippen LogP contribution is 2.38. The van der Waals surface area contributed by atoms with Crippen LogP contribution in [0.3, 0.4) is 0 Å². The Hall–Kier alpha value is -1.42. The molecule has 4 heteroatoms. The van der Waals surface area contributed by atoms with E-state index >= 15 is 0 Å². The van der Waals surface area contributed by atoms with E-state index in [0.717, 1.165) is 44.2 Å². The molecule has 4 nitrogen and oxygen atoms in total. The second-order valence-electron chi connectivity index (χ2n) is 4.70. The summed E-state index contributed by atoms with van der Waals surface area (Å²) in [6.07, 6.45) is 0.242. The second kappa shape index (κ2) is 4.45. The third-order valence-electron chi connectivity index (χ3n) is 3.35. The number of benzene rings is 1. The molecule has 0 amide bonds. The molecule has 1 unspecified atom stereocenters. The van der Waals surface area contributed by atoms with Gasteiger partial charge in [-0.15, -0.1) is 0 Å². The number of piperazine rings is 1. The molecule has 1 fully saturated rings. The minimum Gasteiger partial charge on any atom is -0.485 e. The van der Waals surface area contributed by atoms with Gasteiger partial charge in [-0.25, -0.2) is 0 Å². The largest absolute Gasteiger partial charge is 0.485 e. The maximum absolute atomic E-state index is 5.99. The van der Waals surface area contributed by atoms with Crippen molar-refractivity contribution in [2.24, 2.45) is 0 Å². The van der Waals surface area contributed by atoms with Crippen molar-refractivity contribution in [3.63, 3.8) is 0 Å². The summed E-state index contributed by atoms with van der Waals surface area (Å²) >= 11 is 0. The maximum atomic E-state index is 5.99. The molecule has 2 aliphatic heterocycles. The molecule has 1 atom stereocenters. The molecule has 2 N–H and O–H groups in total. The normalized spacial score (nSPS) is 23.6. The second-order valence-corrected chi connectivity index (χ2v) is 4.70. The fraction of sp³-hybridized carbons (Fsp3) is 0.538. The minimum atomic E-state index is 0.242. The van der Waals surface area contributed by atoms with Gasteiger partial charge in [0.05, 0.1) is 17.9 Å². The third-order valence-corrected chi connectivity index (χ3v) is 3.35. The van der Waals surface area contributed by atoms with E-state index in [1.807, 2.05) is 0 Å².